The van der Waals surface area contributed by atoms with Crippen molar-refractivity contribution in [3.8, 4) is 0 Å². The summed E-state index contributed by atoms with van der Waals surface area (Å²) >= 11 is 5.45. The van der Waals surface area contributed by atoms with E-state index in [4.69, 9.17) is 21.1 Å². The number of carbonyl (C=O) groups excluding carboxylic acids is 2. The minimum atomic E-state index is -0.506. The largest absolute Gasteiger partial charge is 0.448 e. The fraction of sp³-hybridized carbons (Fsp3) is 0.833. The molecule has 1 saturated heterocycles. The van der Waals surface area contributed by atoms with Crippen molar-refractivity contribution >= 4 is 23.8 Å². The zero-order valence-corrected chi connectivity index (χ0v) is 12.4. The second-order valence-electron chi connectivity index (χ2n) is 5.26. The second kappa shape index (κ2) is 6.84. The molecule has 0 bridgehead atoms. The third kappa shape index (κ3) is 5.55. The van der Waals surface area contributed by atoms with Crippen LogP contribution in [0.2, 0.25) is 0 Å². The van der Waals surface area contributed by atoms with Crippen LogP contribution in [-0.4, -0.2) is 66.3 Å². The molecule has 0 saturated carbocycles. The van der Waals surface area contributed by atoms with Gasteiger partial charge in [0.2, 0.25) is 0 Å². The molecule has 110 valence electrons. The molecule has 6 nitrogen and oxygen atoms in total. The molecule has 0 atom stereocenters. The van der Waals surface area contributed by atoms with E-state index >= 15 is 0 Å². The Morgan fingerprint density at radius 3 is 1.95 bits per heavy atom. The van der Waals surface area contributed by atoms with Gasteiger partial charge in [0.1, 0.15) is 12.2 Å². The molecular formula is C12H21ClN2O4. The van der Waals surface area contributed by atoms with Crippen molar-refractivity contribution < 1.29 is 19.1 Å². The molecule has 0 radical (unpaired) electrons. The van der Waals surface area contributed by atoms with Crippen LogP contribution in [-0.2, 0) is 9.47 Å². The predicted octanol–water partition coefficient (Wildman–Crippen LogP) is 1.91. The Bertz CT molecular complexity index is 322. The first-order valence-corrected chi connectivity index (χ1v) is 6.82. The summed E-state index contributed by atoms with van der Waals surface area (Å²) < 4.78 is 10.2. The van der Waals surface area contributed by atoms with Crippen molar-refractivity contribution in [1.29, 1.82) is 0 Å². The number of ether oxygens (including phenoxy) is 2. The number of carbonyl (C=O) groups is 2. The summed E-state index contributed by atoms with van der Waals surface area (Å²) in [4.78, 5) is 26.5. The minimum absolute atomic E-state index is 0.201. The average Bonchev–Trinajstić information content (AvgIpc) is 2.34. The summed E-state index contributed by atoms with van der Waals surface area (Å²) in [6.07, 6.45) is -0.731. The van der Waals surface area contributed by atoms with Gasteiger partial charge in [0, 0.05) is 26.2 Å². The number of rotatable bonds is 2. The van der Waals surface area contributed by atoms with E-state index in [2.05, 4.69) is 0 Å². The highest BCUT2D eigenvalue weighted by molar-refractivity contribution is 6.18. The van der Waals surface area contributed by atoms with Crippen molar-refractivity contribution in [2.24, 2.45) is 0 Å². The maximum absolute atomic E-state index is 11.8. The van der Waals surface area contributed by atoms with Gasteiger partial charge in [-0.05, 0) is 20.8 Å². The highest BCUT2D eigenvalue weighted by Gasteiger charge is 2.28. The van der Waals surface area contributed by atoms with E-state index in [-0.39, 0.29) is 24.7 Å². The summed E-state index contributed by atoms with van der Waals surface area (Å²) in [6.45, 7) is 7.46. The van der Waals surface area contributed by atoms with E-state index in [1.807, 2.05) is 20.8 Å². The molecule has 1 aliphatic rings. The van der Waals surface area contributed by atoms with Crippen LogP contribution in [0, 0.1) is 0 Å². The monoisotopic (exact) mass is 292 g/mol. The van der Waals surface area contributed by atoms with Gasteiger partial charge in [-0.25, -0.2) is 9.59 Å². The lowest BCUT2D eigenvalue weighted by Gasteiger charge is -2.35. The zero-order valence-electron chi connectivity index (χ0n) is 11.6. The molecule has 1 aliphatic heterocycles. The molecule has 0 aromatic carbocycles. The normalized spacial score (nSPS) is 16.2. The van der Waals surface area contributed by atoms with Gasteiger partial charge in [0.15, 0.2) is 0 Å². The summed E-state index contributed by atoms with van der Waals surface area (Å²) in [7, 11) is 0. The van der Waals surface area contributed by atoms with Gasteiger partial charge in [-0.15, -0.1) is 11.6 Å². The van der Waals surface area contributed by atoms with E-state index in [0.29, 0.717) is 26.2 Å². The van der Waals surface area contributed by atoms with Gasteiger partial charge in [0.25, 0.3) is 0 Å². The maximum atomic E-state index is 11.8. The number of piperazine rings is 1. The van der Waals surface area contributed by atoms with Gasteiger partial charge >= 0.3 is 12.2 Å². The summed E-state index contributed by atoms with van der Waals surface area (Å²) in [5.41, 5.74) is -0.506. The van der Waals surface area contributed by atoms with Crippen LogP contribution in [0.25, 0.3) is 0 Å². The van der Waals surface area contributed by atoms with Gasteiger partial charge < -0.3 is 19.3 Å². The van der Waals surface area contributed by atoms with Crippen molar-refractivity contribution in [3.63, 3.8) is 0 Å². The smallest absolute Gasteiger partial charge is 0.410 e. The number of nitrogens with zero attached hydrogens (tertiary/aromatic N) is 2. The van der Waals surface area contributed by atoms with Crippen LogP contribution in [0.5, 0.6) is 0 Å². The molecule has 7 heteroatoms. The molecule has 0 aliphatic carbocycles. The average molecular weight is 293 g/mol. The van der Waals surface area contributed by atoms with E-state index in [1.54, 1.807) is 9.80 Å². The molecule has 0 aromatic rings. The molecule has 19 heavy (non-hydrogen) atoms. The third-order valence-corrected chi connectivity index (χ3v) is 2.65. The van der Waals surface area contributed by atoms with Gasteiger partial charge in [-0.1, -0.05) is 0 Å². The standard InChI is InChI=1S/C12H21ClN2O4/c1-12(2,3)19-11(17)15-7-5-14(6-8-15)10(16)18-9-4-13/h4-9H2,1-3H3. The van der Waals surface area contributed by atoms with Gasteiger partial charge in [0.05, 0.1) is 5.88 Å². The fourth-order valence-electron chi connectivity index (χ4n) is 1.62. The molecule has 2 amide bonds. The molecule has 0 unspecified atom stereocenters. The quantitative estimate of drug-likeness (QED) is 0.730. The topological polar surface area (TPSA) is 59.1 Å². The highest BCUT2D eigenvalue weighted by Crippen LogP contribution is 2.12. The molecule has 0 aromatic heterocycles. The van der Waals surface area contributed by atoms with E-state index in [9.17, 15) is 9.59 Å². The zero-order chi connectivity index (χ0) is 14.5. The SMILES string of the molecule is CC(C)(C)OC(=O)N1CCN(C(=O)OCCCl)CC1. The summed E-state index contributed by atoms with van der Waals surface area (Å²) in [6, 6.07) is 0. The molecule has 0 spiro atoms. The third-order valence-electron chi connectivity index (χ3n) is 2.49. The van der Waals surface area contributed by atoms with Crippen molar-refractivity contribution in [2.75, 3.05) is 38.7 Å². The van der Waals surface area contributed by atoms with Crippen LogP contribution in [0.15, 0.2) is 0 Å². The molecular weight excluding hydrogens is 272 g/mol. The lowest BCUT2D eigenvalue weighted by Crippen LogP contribution is -2.51. The van der Waals surface area contributed by atoms with Crippen LogP contribution in [0.1, 0.15) is 20.8 Å². The van der Waals surface area contributed by atoms with Crippen LogP contribution < -0.4 is 0 Å². The molecule has 1 rings (SSSR count). The number of amides is 2. The van der Waals surface area contributed by atoms with Crippen molar-refractivity contribution in [1.82, 2.24) is 9.80 Å². The van der Waals surface area contributed by atoms with Crippen LogP contribution >= 0.6 is 11.6 Å². The number of hydrogen-bond donors (Lipinski definition) is 0. The Hall–Kier alpha value is -1.17. The Morgan fingerprint density at radius 2 is 1.53 bits per heavy atom. The first kappa shape index (κ1) is 15.9. The first-order valence-electron chi connectivity index (χ1n) is 6.29. The Labute approximate surface area is 118 Å². The first-order chi connectivity index (χ1) is 8.83. The minimum Gasteiger partial charge on any atom is -0.448 e. The van der Waals surface area contributed by atoms with Crippen LogP contribution in [0.4, 0.5) is 9.59 Å². The predicted molar refractivity (Wildman–Crippen MR) is 71.4 cm³/mol. The van der Waals surface area contributed by atoms with Gasteiger partial charge in [-0.2, -0.15) is 0 Å². The van der Waals surface area contributed by atoms with Gasteiger partial charge in [-0.3, -0.25) is 0 Å². The molecule has 0 N–H and O–H groups in total. The van der Waals surface area contributed by atoms with Crippen molar-refractivity contribution in [2.45, 2.75) is 26.4 Å². The Kier molecular flexibility index (Phi) is 5.72. The number of halogens is 1. The maximum Gasteiger partial charge on any atom is 0.410 e. The molecule has 1 fully saturated rings. The second-order valence-corrected chi connectivity index (χ2v) is 5.64. The number of hydrogen-bond acceptors (Lipinski definition) is 4. The summed E-state index contributed by atoms with van der Waals surface area (Å²) in [5, 5.41) is 0. The summed E-state index contributed by atoms with van der Waals surface area (Å²) in [5.74, 6) is 0.281. The molecule has 1 heterocycles. The van der Waals surface area contributed by atoms with E-state index < -0.39 is 5.60 Å². The number of alkyl halides is 1. The Morgan fingerprint density at radius 1 is 1.05 bits per heavy atom. The lowest BCUT2D eigenvalue weighted by molar-refractivity contribution is 0.0133. The lowest BCUT2D eigenvalue weighted by atomic mass is 10.2. The van der Waals surface area contributed by atoms with Crippen molar-refractivity contribution in [3.05, 3.63) is 0 Å². The van der Waals surface area contributed by atoms with Crippen LogP contribution in [0.3, 0.4) is 0 Å². The highest BCUT2D eigenvalue weighted by atomic mass is 35.5. The van der Waals surface area contributed by atoms with E-state index in [0.717, 1.165) is 0 Å². The van der Waals surface area contributed by atoms with E-state index in [1.165, 1.54) is 0 Å². The fourth-order valence-corrected chi connectivity index (χ4v) is 1.69. The Balaban J connectivity index is 2.36.